The molecule has 3 aromatic heterocycles. The standard InChI is InChI=1S/C18H18ClN5/c1-18(2,3)21-17-15(20-14-6-4-5-9-24(14)17)11-7-8-13-12(10-11)16(19)23-22-13/h4-10,21H,1-3H3,(H,22,23). The molecule has 5 nitrogen and oxygen atoms in total. The van der Waals surface area contributed by atoms with Crippen LogP contribution < -0.4 is 5.32 Å². The topological polar surface area (TPSA) is 58.0 Å². The average molecular weight is 340 g/mol. The summed E-state index contributed by atoms with van der Waals surface area (Å²) in [5.74, 6) is 0.970. The molecule has 2 N–H and O–H groups in total. The Bertz CT molecular complexity index is 1040. The predicted molar refractivity (Wildman–Crippen MR) is 98.7 cm³/mol. The van der Waals surface area contributed by atoms with Gasteiger partial charge < -0.3 is 5.32 Å². The van der Waals surface area contributed by atoms with Crippen LogP contribution in [0.15, 0.2) is 42.6 Å². The van der Waals surface area contributed by atoms with Gasteiger partial charge in [0.1, 0.15) is 17.2 Å². The number of H-pyrrole nitrogens is 1. The van der Waals surface area contributed by atoms with Gasteiger partial charge in [-0.3, -0.25) is 9.50 Å². The minimum absolute atomic E-state index is 0.0854. The Hall–Kier alpha value is -2.53. The van der Waals surface area contributed by atoms with Crippen molar-refractivity contribution in [3.05, 3.63) is 47.7 Å². The van der Waals surface area contributed by atoms with E-state index in [0.717, 1.165) is 33.6 Å². The molecule has 0 aliphatic rings. The van der Waals surface area contributed by atoms with Crippen LogP contribution in [-0.2, 0) is 0 Å². The van der Waals surface area contributed by atoms with Crippen LogP contribution in [0.4, 0.5) is 5.82 Å². The number of aromatic amines is 1. The molecule has 0 saturated heterocycles. The summed E-state index contributed by atoms with van der Waals surface area (Å²) in [6.07, 6.45) is 2.02. The first-order chi connectivity index (χ1) is 11.4. The summed E-state index contributed by atoms with van der Waals surface area (Å²) >= 11 is 6.17. The SMILES string of the molecule is CC(C)(C)Nc1c(-c2ccc3[nH]nc(Cl)c3c2)nc2ccccn12. The Kier molecular flexibility index (Phi) is 3.28. The zero-order chi connectivity index (χ0) is 16.9. The molecule has 0 bridgehead atoms. The number of fused-ring (bicyclic) bond motifs is 2. The van der Waals surface area contributed by atoms with Gasteiger partial charge in [0.15, 0.2) is 5.15 Å². The van der Waals surface area contributed by atoms with Gasteiger partial charge in [-0.1, -0.05) is 23.7 Å². The average Bonchev–Trinajstić information content (AvgIpc) is 3.08. The molecule has 24 heavy (non-hydrogen) atoms. The zero-order valence-electron chi connectivity index (χ0n) is 13.8. The van der Waals surface area contributed by atoms with Gasteiger partial charge in [-0.25, -0.2) is 4.98 Å². The molecule has 0 amide bonds. The first-order valence-corrected chi connectivity index (χ1v) is 8.19. The smallest absolute Gasteiger partial charge is 0.158 e. The van der Waals surface area contributed by atoms with E-state index in [4.69, 9.17) is 16.6 Å². The molecule has 4 aromatic rings. The maximum atomic E-state index is 6.17. The lowest BCUT2D eigenvalue weighted by atomic mass is 10.1. The highest BCUT2D eigenvalue weighted by atomic mass is 35.5. The van der Waals surface area contributed by atoms with Gasteiger partial charge in [-0.15, -0.1) is 0 Å². The third-order valence-corrected chi connectivity index (χ3v) is 4.10. The van der Waals surface area contributed by atoms with Gasteiger partial charge in [0.2, 0.25) is 0 Å². The van der Waals surface area contributed by atoms with Crippen LogP contribution in [-0.4, -0.2) is 25.1 Å². The summed E-state index contributed by atoms with van der Waals surface area (Å²) in [6, 6.07) is 12.0. The van der Waals surface area contributed by atoms with Gasteiger partial charge in [-0.05, 0) is 45.0 Å². The van der Waals surface area contributed by atoms with Crippen molar-refractivity contribution in [3.8, 4) is 11.3 Å². The number of anilines is 1. The number of benzene rings is 1. The second-order valence-electron chi connectivity index (χ2n) is 6.89. The Labute approximate surface area is 144 Å². The monoisotopic (exact) mass is 339 g/mol. The molecule has 4 rings (SSSR count). The Morgan fingerprint density at radius 2 is 2.00 bits per heavy atom. The molecule has 6 heteroatoms. The molecule has 1 aromatic carbocycles. The molecule has 0 atom stereocenters. The van der Waals surface area contributed by atoms with E-state index in [-0.39, 0.29) is 5.54 Å². The minimum Gasteiger partial charge on any atom is -0.365 e. The highest BCUT2D eigenvalue weighted by Gasteiger charge is 2.19. The van der Waals surface area contributed by atoms with Crippen molar-refractivity contribution in [1.82, 2.24) is 19.6 Å². The van der Waals surface area contributed by atoms with E-state index in [1.807, 2.05) is 42.6 Å². The molecule has 0 aliphatic heterocycles. The number of rotatable bonds is 2. The van der Waals surface area contributed by atoms with Crippen LogP contribution >= 0.6 is 11.6 Å². The quantitative estimate of drug-likeness (QED) is 0.554. The number of halogens is 1. The number of hydrogen-bond acceptors (Lipinski definition) is 3. The summed E-state index contributed by atoms with van der Waals surface area (Å²) in [5, 5.41) is 11.9. The van der Waals surface area contributed by atoms with Gasteiger partial charge in [0.25, 0.3) is 0 Å². The molecule has 0 aliphatic carbocycles. The van der Waals surface area contributed by atoms with Crippen molar-refractivity contribution in [2.75, 3.05) is 5.32 Å². The first-order valence-electron chi connectivity index (χ1n) is 7.82. The van der Waals surface area contributed by atoms with E-state index in [9.17, 15) is 0 Å². The normalized spacial score (nSPS) is 12.2. The molecular formula is C18H18ClN5. The van der Waals surface area contributed by atoms with Gasteiger partial charge in [0, 0.05) is 22.7 Å². The predicted octanol–water partition coefficient (Wildman–Crippen LogP) is 4.74. The number of nitrogens with zero attached hydrogens (tertiary/aromatic N) is 3. The first kappa shape index (κ1) is 15.0. The van der Waals surface area contributed by atoms with Crippen LogP contribution in [0.1, 0.15) is 20.8 Å². The van der Waals surface area contributed by atoms with E-state index in [1.165, 1.54) is 0 Å². The zero-order valence-corrected chi connectivity index (χ0v) is 14.5. The van der Waals surface area contributed by atoms with Crippen molar-refractivity contribution in [2.45, 2.75) is 26.3 Å². The van der Waals surface area contributed by atoms with Crippen LogP contribution in [0.3, 0.4) is 0 Å². The Morgan fingerprint density at radius 3 is 2.79 bits per heavy atom. The number of imidazole rings is 1. The molecule has 0 saturated carbocycles. The molecule has 122 valence electrons. The number of aromatic nitrogens is 4. The number of nitrogens with one attached hydrogen (secondary N) is 2. The van der Waals surface area contributed by atoms with Crippen LogP contribution in [0.25, 0.3) is 27.8 Å². The number of pyridine rings is 1. The van der Waals surface area contributed by atoms with Crippen LogP contribution in [0.2, 0.25) is 5.15 Å². The third kappa shape index (κ3) is 2.51. The summed E-state index contributed by atoms with van der Waals surface area (Å²) in [6.45, 7) is 6.40. The molecule has 0 radical (unpaired) electrons. The second-order valence-corrected chi connectivity index (χ2v) is 7.25. The van der Waals surface area contributed by atoms with E-state index in [0.29, 0.717) is 5.15 Å². The molecule has 3 heterocycles. The van der Waals surface area contributed by atoms with Gasteiger partial charge in [-0.2, -0.15) is 5.10 Å². The van der Waals surface area contributed by atoms with E-state index >= 15 is 0 Å². The van der Waals surface area contributed by atoms with Crippen LogP contribution in [0, 0.1) is 0 Å². The lowest BCUT2D eigenvalue weighted by molar-refractivity contribution is 0.629. The fourth-order valence-electron chi connectivity index (χ4n) is 2.80. The van der Waals surface area contributed by atoms with Crippen LogP contribution in [0.5, 0.6) is 0 Å². The fraction of sp³-hybridized carbons (Fsp3) is 0.222. The Morgan fingerprint density at radius 1 is 1.17 bits per heavy atom. The minimum atomic E-state index is -0.0854. The van der Waals surface area contributed by atoms with Crippen molar-refractivity contribution in [1.29, 1.82) is 0 Å². The van der Waals surface area contributed by atoms with E-state index in [1.54, 1.807) is 0 Å². The molecule has 0 fully saturated rings. The highest BCUT2D eigenvalue weighted by molar-refractivity contribution is 6.34. The van der Waals surface area contributed by atoms with E-state index < -0.39 is 0 Å². The lowest BCUT2D eigenvalue weighted by Gasteiger charge is -2.22. The van der Waals surface area contributed by atoms with E-state index in [2.05, 4.69) is 40.7 Å². The van der Waals surface area contributed by atoms with Gasteiger partial charge in [0.05, 0.1) is 5.52 Å². The number of hydrogen-bond donors (Lipinski definition) is 2. The molecule has 0 unspecified atom stereocenters. The summed E-state index contributed by atoms with van der Waals surface area (Å²) in [7, 11) is 0. The molecule has 0 spiro atoms. The summed E-state index contributed by atoms with van der Waals surface area (Å²) in [4.78, 5) is 4.81. The van der Waals surface area contributed by atoms with Crippen molar-refractivity contribution < 1.29 is 0 Å². The largest absolute Gasteiger partial charge is 0.365 e. The fourth-order valence-corrected chi connectivity index (χ4v) is 3.00. The van der Waals surface area contributed by atoms with Crippen molar-refractivity contribution in [2.24, 2.45) is 0 Å². The van der Waals surface area contributed by atoms with Gasteiger partial charge >= 0.3 is 0 Å². The highest BCUT2D eigenvalue weighted by Crippen LogP contribution is 2.33. The lowest BCUT2D eigenvalue weighted by Crippen LogP contribution is -2.27. The van der Waals surface area contributed by atoms with Crippen molar-refractivity contribution >= 4 is 34.0 Å². The summed E-state index contributed by atoms with van der Waals surface area (Å²) < 4.78 is 2.07. The Balaban J connectivity index is 1.96. The van der Waals surface area contributed by atoms with Crippen molar-refractivity contribution in [3.63, 3.8) is 0 Å². The maximum Gasteiger partial charge on any atom is 0.158 e. The third-order valence-electron chi connectivity index (χ3n) is 3.81. The second kappa shape index (κ2) is 5.24. The maximum absolute atomic E-state index is 6.17. The summed E-state index contributed by atoms with van der Waals surface area (Å²) in [5.41, 5.74) is 3.63. The molecular weight excluding hydrogens is 322 g/mol.